The fourth-order valence-electron chi connectivity index (χ4n) is 1.30. The van der Waals surface area contributed by atoms with Crippen molar-refractivity contribution in [3.8, 4) is 0 Å². The number of carbonyl (C=O) groups is 1. The average Bonchev–Trinajstić information content (AvgIpc) is 2.28. The summed E-state index contributed by atoms with van der Waals surface area (Å²) in [6, 6.07) is 7.18. The number of unbranched alkanes of at least 4 members (excludes halogenated alkanes) is 1. The largest absolute Gasteiger partial charge is 0.402 e. The standard InChI is InChI=1S/C10H9F3O.C4H10/c1-7(14)9(10(11,12)13)8-5-3-2-4-6-8;1-3-4-2/h2-6,9H,1H3;3-4H2,1-2H3. The zero-order chi connectivity index (χ0) is 14.2. The van der Waals surface area contributed by atoms with Gasteiger partial charge in [-0.25, -0.2) is 0 Å². The van der Waals surface area contributed by atoms with E-state index >= 15 is 0 Å². The first kappa shape index (κ1) is 16.7. The van der Waals surface area contributed by atoms with Crippen LogP contribution in [0.2, 0.25) is 0 Å². The summed E-state index contributed by atoms with van der Waals surface area (Å²) in [5.41, 5.74) is -0.00694. The van der Waals surface area contributed by atoms with E-state index in [0.717, 1.165) is 6.92 Å². The second-order valence-corrected chi connectivity index (χ2v) is 4.00. The van der Waals surface area contributed by atoms with Crippen molar-refractivity contribution in [3.05, 3.63) is 35.9 Å². The molecule has 4 heteroatoms. The third-order valence-electron chi connectivity index (χ3n) is 2.37. The number of hydrogen-bond acceptors (Lipinski definition) is 1. The van der Waals surface area contributed by atoms with E-state index in [1.807, 2.05) is 0 Å². The lowest BCUT2D eigenvalue weighted by molar-refractivity contribution is -0.162. The van der Waals surface area contributed by atoms with Gasteiger partial charge < -0.3 is 0 Å². The van der Waals surface area contributed by atoms with Gasteiger partial charge in [0.25, 0.3) is 0 Å². The van der Waals surface area contributed by atoms with Crippen molar-refractivity contribution in [2.75, 3.05) is 0 Å². The first-order valence-electron chi connectivity index (χ1n) is 5.96. The molecule has 0 saturated heterocycles. The Bertz CT molecular complexity index is 342. The molecule has 0 heterocycles. The van der Waals surface area contributed by atoms with Gasteiger partial charge in [0.05, 0.1) is 0 Å². The Kier molecular flexibility index (Phi) is 7.32. The minimum atomic E-state index is -4.51. The Morgan fingerprint density at radius 2 is 1.56 bits per heavy atom. The van der Waals surface area contributed by atoms with Crippen LogP contribution < -0.4 is 0 Å². The summed E-state index contributed by atoms with van der Waals surface area (Å²) in [5.74, 6) is -2.88. The van der Waals surface area contributed by atoms with Gasteiger partial charge in [0.1, 0.15) is 11.7 Å². The Morgan fingerprint density at radius 1 is 1.11 bits per heavy atom. The van der Waals surface area contributed by atoms with E-state index in [9.17, 15) is 18.0 Å². The third kappa shape index (κ3) is 5.84. The van der Waals surface area contributed by atoms with Crippen molar-refractivity contribution >= 4 is 5.78 Å². The van der Waals surface area contributed by atoms with Gasteiger partial charge in [-0.15, -0.1) is 0 Å². The van der Waals surface area contributed by atoms with Crippen molar-refractivity contribution in [2.24, 2.45) is 0 Å². The van der Waals surface area contributed by atoms with Crippen LogP contribution in [0.5, 0.6) is 0 Å². The first-order chi connectivity index (χ1) is 8.34. The topological polar surface area (TPSA) is 17.1 Å². The fraction of sp³-hybridized carbons (Fsp3) is 0.500. The Hall–Kier alpha value is -1.32. The van der Waals surface area contributed by atoms with Crippen molar-refractivity contribution < 1.29 is 18.0 Å². The van der Waals surface area contributed by atoms with E-state index in [0.29, 0.717) is 0 Å². The van der Waals surface area contributed by atoms with Crippen molar-refractivity contribution in [3.63, 3.8) is 0 Å². The summed E-state index contributed by atoms with van der Waals surface area (Å²) in [5, 5.41) is 0. The zero-order valence-corrected chi connectivity index (χ0v) is 10.9. The molecule has 0 N–H and O–H groups in total. The van der Waals surface area contributed by atoms with E-state index in [-0.39, 0.29) is 5.56 Å². The van der Waals surface area contributed by atoms with E-state index < -0.39 is 17.9 Å². The van der Waals surface area contributed by atoms with Crippen LogP contribution >= 0.6 is 0 Å². The summed E-state index contributed by atoms with van der Waals surface area (Å²) in [4.78, 5) is 10.9. The highest BCUT2D eigenvalue weighted by atomic mass is 19.4. The predicted molar refractivity (Wildman–Crippen MR) is 66.5 cm³/mol. The molecule has 1 aromatic rings. The van der Waals surface area contributed by atoms with Crippen LogP contribution in [0.3, 0.4) is 0 Å². The molecule has 1 nitrogen and oxygen atoms in total. The average molecular weight is 260 g/mol. The Labute approximate surface area is 106 Å². The second kappa shape index (κ2) is 7.90. The summed E-state index contributed by atoms with van der Waals surface area (Å²) in [6.45, 7) is 5.31. The molecule has 0 aromatic heterocycles. The summed E-state index contributed by atoms with van der Waals surface area (Å²) < 4.78 is 37.3. The molecular weight excluding hydrogens is 241 g/mol. The van der Waals surface area contributed by atoms with Gasteiger partial charge in [0.15, 0.2) is 0 Å². The van der Waals surface area contributed by atoms with Gasteiger partial charge in [-0.05, 0) is 12.5 Å². The van der Waals surface area contributed by atoms with Crippen LogP contribution in [-0.4, -0.2) is 12.0 Å². The lowest BCUT2D eigenvalue weighted by atomic mass is 9.95. The Balaban J connectivity index is 0.000000631. The number of hydrogen-bond donors (Lipinski definition) is 0. The SMILES string of the molecule is CC(=O)C(c1ccccc1)C(F)(F)F.CCCC. The number of benzene rings is 1. The minimum Gasteiger partial charge on any atom is -0.299 e. The van der Waals surface area contributed by atoms with E-state index in [1.165, 1.54) is 37.1 Å². The summed E-state index contributed by atoms with van der Waals surface area (Å²) in [7, 11) is 0. The second-order valence-electron chi connectivity index (χ2n) is 4.00. The number of alkyl halides is 3. The molecule has 0 radical (unpaired) electrons. The third-order valence-corrected chi connectivity index (χ3v) is 2.37. The van der Waals surface area contributed by atoms with Crippen LogP contribution in [-0.2, 0) is 4.79 Å². The van der Waals surface area contributed by atoms with E-state index in [1.54, 1.807) is 6.07 Å². The number of halogens is 3. The van der Waals surface area contributed by atoms with Gasteiger partial charge in [-0.2, -0.15) is 13.2 Å². The first-order valence-corrected chi connectivity index (χ1v) is 5.96. The van der Waals surface area contributed by atoms with E-state index in [2.05, 4.69) is 13.8 Å². The molecular formula is C14H19F3O. The summed E-state index contributed by atoms with van der Waals surface area (Å²) in [6.07, 6.45) is -1.87. The molecule has 0 fully saturated rings. The molecule has 0 spiro atoms. The van der Waals surface area contributed by atoms with Crippen molar-refractivity contribution in [2.45, 2.75) is 45.7 Å². The molecule has 1 aromatic carbocycles. The normalized spacial score (nSPS) is 12.3. The smallest absolute Gasteiger partial charge is 0.299 e. The van der Waals surface area contributed by atoms with Gasteiger partial charge in [0.2, 0.25) is 0 Å². The number of ketones is 1. The number of rotatable bonds is 3. The molecule has 0 bridgehead atoms. The maximum Gasteiger partial charge on any atom is 0.402 e. The molecule has 102 valence electrons. The van der Waals surface area contributed by atoms with Gasteiger partial charge in [-0.1, -0.05) is 57.0 Å². The number of Topliss-reactive ketones (excluding diaryl/α,β-unsaturated/α-hetero) is 1. The predicted octanol–water partition coefficient (Wildman–Crippen LogP) is 4.73. The minimum absolute atomic E-state index is 0.00694. The molecule has 1 unspecified atom stereocenters. The molecule has 0 aliphatic carbocycles. The highest BCUT2D eigenvalue weighted by Crippen LogP contribution is 2.35. The highest BCUT2D eigenvalue weighted by Gasteiger charge is 2.43. The molecule has 0 aliphatic rings. The number of carbonyl (C=O) groups excluding carboxylic acids is 1. The molecule has 18 heavy (non-hydrogen) atoms. The van der Waals surface area contributed by atoms with Crippen LogP contribution in [0.4, 0.5) is 13.2 Å². The summed E-state index contributed by atoms with van der Waals surface area (Å²) >= 11 is 0. The van der Waals surface area contributed by atoms with Crippen LogP contribution in [0.15, 0.2) is 30.3 Å². The molecule has 0 aliphatic heterocycles. The van der Waals surface area contributed by atoms with E-state index in [4.69, 9.17) is 0 Å². The van der Waals surface area contributed by atoms with Gasteiger partial charge in [-0.3, -0.25) is 4.79 Å². The van der Waals surface area contributed by atoms with Crippen LogP contribution in [0, 0.1) is 0 Å². The molecule has 0 saturated carbocycles. The maximum atomic E-state index is 12.4. The monoisotopic (exact) mass is 260 g/mol. The van der Waals surface area contributed by atoms with Crippen molar-refractivity contribution in [1.82, 2.24) is 0 Å². The Morgan fingerprint density at radius 3 is 1.83 bits per heavy atom. The molecule has 0 amide bonds. The van der Waals surface area contributed by atoms with Gasteiger partial charge in [0, 0.05) is 0 Å². The lowest BCUT2D eigenvalue weighted by Gasteiger charge is -2.17. The van der Waals surface area contributed by atoms with Crippen molar-refractivity contribution in [1.29, 1.82) is 0 Å². The highest BCUT2D eigenvalue weighted by molar-refractivity contribution is 5.84. The maximum absolute atomic E-state index is 12.4. The van der Waals surface area contributed by atoms with Crippen LogP contribution in [0.25, 0.3) is 0 Å². The zero-order valence-electron chi connectivity index (χ0n) is 10.9. The van der Waals surface area contributed by atoms with Crippen LogP contribution in [0.1, 0.15) is 45.1 Å². The lowest BCUT2D eigenvalue weighted by Crippen LogP contribution is -2.26. The molecule has 1 rings (SSSR count). The fourth-order valence-corrected chi connectivity index (χ4v) is 1.30. The quantitative estimate of drug-likeness (QED) is 0.768. The molecule has 1 atom stereocenters. The van der Waals surface area contributed by atoms with Gasteiger partial charge >= 0.3 is 6.18 Å².